The van der Waals surface area contributed by atoms with E-state index in [1.165, 1.54) is 19.3 Å². The monoisotopic (exact) mass is 284 g/mol. The SMILES string of the molecule is CCCCCC(C)NC(=NC)NCCC(=O)NCCC. The number of hydrogen-bond donors (Lipinski definition) is 3. The maximum Gasteiger partial charge on any atom is 0.221 e. The smallest absolute Gasteiger partial charge is 0.221 e. The van der Waals surface area contributed by atoms with Gasteiger partial charge in [-0.2, -0.15) is 0 Å². The Morgan fingerprint density at radius 2 is 1.85 bits per heavy atom. The molecule has 0 aromatic carbocycles. The fraction of sp³-hybridized carbons (Fsp3) is 0.867. The van der Waals surface area contributed by atoms with E-state index in [9.17, 15) is 4.79 Å². The third-order valence-electron chi connectivity index (χ3n) is 3.06. The molecule has 0 aliphatic carbocycles. The number of hydrogen-bond acceptors (Lipinski definition) is 2. The average Bonchev–Trinajstić information content (AvgIpc) is 2.44. The minimum absolute atomic E-state index is 0.0887. The Morgan fingerprint density at radius 1 is 1.10 bits per heavy atom. The highest BCUT2D eigenvalue weighted by atomic mass is 16.1. The molecule has 1 atom stereocenters. The molecule has 0 aromatic heterocycles. The molecule has 0 aliphatic rings. The molecule has 0 radical (unpaired) electrons. The van der Waals surface area contributed by atoms with Crippen molar-refractivity contribution in [1.29, 1.82) is 0 Å². The van der Waals surface area contributed by atoms with Crippen molar-refractivity contribution in [3.05, 3.63) is 0 Å². The predicted molar refractivity (Wildman–Crippen MR) is 86.0 cm³/mol. The number of rotatable bonds is 10. The third-order valence-corrected chi connectivity index (χ3v) is 3.06. The maximum absolute atomic E-state index is 11.5. The second kappa shape index (κ2) is 12.8. The van der Waals surface area contributed by atoms with Crippen molar-refractivity contribution in [2.24, 2.45) is 4.99 Å². The van der Waals surface area contributed by atoms with Gasteiger partial charge in [-0.05, 0) is 19.8 Å². The van der Waals surface area contributed by atoms with Gasteiger partial charge in [-0.15, -0.1) is 0 Å². The first-order chi connectivity index (χ1) is 9.63. The van der Waals surface area contributed by atoms with Gasteiger partial charge >= 0.3 is 0 Å². The molecule has 20 heavy (non-hydrogen) atoms. The summed E-state index contributed by atoms with van der Waals surface area (Å²) in [5.41, 5.74) is 0. The van der Waals surface area contributed by atoms with E-state index in [4.69, 9.17) is 0 Å². The quantitative estimate of drug-likeness (QED) is 0.327. The molecule has 0 fully saturated rings. The van der Waals surface area contributed by atoms with Crippen LogP contribution < -0.4 is 16.0 Å². The standard InChI is InChI=1S/C15H32N4O/c1-5-7-8-9-13(3)19-15(16-4)18-12-10-14(20)17-11-6-2/h13H,5-12H2,1-4H3,(H,17,20)(H2,16,18,19). The van der Waals surface area contributed by atoms with Crippen LogP contribution >= 0.6 is 0 Å². The lowest BCUT2D eigenvalue weighted by Crippen LogP contribution is -2.43. The summed E-state index contributed by atoms with van der Waals surface area (Å²) in [7, 11) is 1.76. The van der Waals surface area contributed by atoms with Gasteiger partial charge in [0.1, 0.15) is 0 Å². The summed E-state index contributed by atoms with van der Waals surface area (Å²) in [6.07, 6.45) is 6.34. The highest BCUT2D eigenvalue weighted by molar-refractivity contribution is 5.81. The van der Waals surface area contributed by atoms with E-state index in [0.29, 0.717) is 19.0 Å². The van der Waals surface area contributed by atoms with Gasteiger partial charge in [0.2, 0.25) is 5.91 Å². The van der Waals surface area contributed by atoms with Crippen molar-refractivity contribution in [2.75, 3.05) is 20.1 Å². The zero-order chi connectivity index (χ0) is 15.2. The average molecular weight is 284 g/mol. The van der Waals surface area contributed by atoms with Gasteiger partial charge in [0.25, 0.3) is 0 Å². The zero-order valence-electron chi connectivity index (χ0n) is 13.6. The number of unbranched alkanes of at least 4 members (excludes halogenated alkanes) is 2. The Balaban J connectivity index is 3.79. The molecule has 0 heterocycles. The highest BCUT2D eigenvalue weighted by Crippen LogP contribution is 2.02. The van der Waals surface area contributed by atoms with Crippen LogP contribution in [0.4, 0.5) is 0 Å². The minimum atomic E-state index is 0.0887. The number of guanidine groups is 1. The van der Waals surface area contributed by atoms with E-state index in [1.807, 2.05) is 6.92 Å². The minimum Gasteiger partial charge on any atom is -0.356 e. The van der Waals surface area contributed by atoms with Crippen molar-refractivity contribution in [3.8, 4) is 0 Å². The van der Waals surface area contributed by atoms with Crippen LogP contribution in [0.5, 0.6) is 0 Å². The molecule has 0 saturated heterocycles. The molecule has 1 amide bonds. The van der Waals surface area contributed by atoms with Crippen LogP contribution in [-0.4, -0.2) is 38.0 Å². The Hall–Kier alpha value is -1.26. The highest BCUT2D eigenvalue weighted by Gasteiger charge is 2.05. The first kappa shape index (κ1) is 18.7. The van der Waals surface area contributed by atoms with Gasteiger partial charge < -0.3 is 16.0 Å². The Bertz CT molecular complexity index is 279. The van der Waals surface area contributed by atoms with Crippen LogP contribution in [0.3, 0.4) is 0 Å². The van der Waals surface area contributed by atoms with Crippen molar-refractivity contribution in [3.63, 3.8) is 0 Å². The molecule has 1 unspecified atom stereocenters. The van der Waals surface area contributed by atoms with E-state index in [-0.39, 0.29) is 5.91 Å². The lowest BCUT2D eigenvalue weighted by molar-refractivity contribution is -0.120. The van der Waals surface area contributed by atoms with Gasteiger partial charge in [-0.1, -0.05) is 33.1 Å². The van der Waals surface area contributed by atoms with Crippen molar-refractivity contribution < 1.29 is 4.79 Å². The van der Waals surface area contributed by atoms with E-state index in [2.05, 4.69) is 34.8 Å². The lowest BCUT2D eigenvalue weighted by Gasteiger charge is -2.17. The molecular weight excluding hydrogens is 252 g/mol. The maximum atomic E-state index is 11.5. The van der Waals surface area contributed by atoms with Gasteiger partial charge in [0.15, 0.2) is 5.96 Å². The van der Waals surface area contributed by atoms with Crippen molar-refractivity contribution in [1.82, 2.24) is 16.0 Å². The topological polar surface area (TPSA) is 65.5 Å². The van der Waals surface area contributed by atoms with Gasteiger partial charge in [0.05, 0.1) is 0 Å². The number of carbonyl (C=O) groups excluding carboxylic acids is 1. The predicted octanol–water partition coefficient (Wildman–Crippen LogP) is 2.04. The first-order valence-electron chi connectivity index (χ1n) is 7.87. The summed E-state index contributed by atoms with van der Waals surface area (Å²) in [6.45, 7) is 7.78. The molecule has 5 nitrogen and oxygen atoms in total. The molecule has 118 valence electrons. The van der Waals surface area contributed by atoms with Gasteiger partial charge in [-0.25, -0.2) is 0 Å². The van der Waals surface area contributed by atoms with Crippen LogP contribution in [0.15, 0.2) is 4.99 Å². The molecule has 0 rings (SSSR count). The van der Waals surface area contributed by atoms with Gasteiger partial charge in [-0.3, -0.25) is 9.79 Å². The molecule has 0 spiro atoms. The van der Waals surface area contributed by atoms with E-state index in [1.54, 1.807) is 7.05 Å². The zero-order valence-corrected chi connectivity index (χ0v) is 13.6. The number of nitrogens with zero attached hydrogens (tertiary/aromatic N) is 1. The van der Waals surface area contributed by atoms with Crippen LogP contribution in [0.25, 0.3) is 0 Å². The summed E-state index contributed by atoms with van der Waals surface area (Å²) < 4.78 is 0. The molecule has 0 aromatic rings. The number of nitrogens with one attached hydrogen (secondary N) is 3. The fourth-order valence-electron chi connectivity index (χ4n) is 1.85. The number of aliphatic imine (C=N–C) groups is 1. The van der Waals surface area contributed by atoms with Crippen LogP contribution in [0, 0.1) is 0 Å². The largest absolute Gasteiger partial charge is 0.356 e. The Kier molecular flexibility index (Phi) is 12.0. The Morgan fingerprint density at radius 3 is 2.45 bits per heavy atom. The third kappa shape index (κ3) is 10.6. The van der Waals surface area contributed by atoms with Gasteiger partial charge in [0, 0.05) is 32.6 Å². The summed E-state index contributed by atoms with van der Waals surface area (Å²) in [4.78, 5) is 15.6. The normalized spacial score (nSPS) is 12.9. The molecule has 3 N–H and O–H groups in total. The fourth-order valence-corrected chi connectivity index (χ4v) is 1.85. The van der Waals surface area contributed by atoms with E-state index >= 15 is 0 Å². The van der Waals surface area contributed by atoms with E-state index < -0.39 is 0 Å². The molecule has 0 bridgehead atoms. The van der Waals surface area contributed by atoms with Crippen LogP contribution in [-0.2, 0) is 4.79 Å². The van der Waals surface area contributed by atoms with Crippen molar-refractivity contribution >= 4 is 11.9 Å². The summed E-state index contributed by atoms with van der Waals surface area (Å²) in [5.74, 6) is 0.864. The molecule has 0 saturated carbocycles. The van der Waals surface area contributed by atoms with Crippen LogP contribution in [0.2, 0.25) is 0 Å². The molecule has 0 aliphatic heterocycles. The molecule has 5 heteroatoms. The summed E-state index contributed by atoms with van der Waals surface area (Å²) in [5, 5.41) is 9.39. The Labute approximate surface area is 124 Å². The van der Waals surface area contributed by atoms with E-state index in [0.717, 1.165) is 25.3 Å². The second-order valence-electron chi connectivity index (χ2n) is 5.14. The lowest BCUT2D eigenvalue weighted by atomic mass is 10.1. The first-order valence-corrected chi connectivity index (χ1v) is 7.87. The number of carbonyl (C=O) groups is 1. The van der Waals surface area contributed by atoms with Crippen molar-refractivity contribution in [2.45, 2.75) is 65.3 Å². The second-order valence-corrected chi connectivity index (χ2v) is 5.14. The number of amides is 1. The van der Waals surface area contributed by atoms with Crippen LogP contribution in [0.1, 0.15) is 59.3 Å². The summed E-state index contributed by atoms with van der Waals surface area (Å²) in [6, 6.07) is 0.404. The summed E-state index contributed by atoms with van der Waals surface area (Å²) >= 11 is 0. The molecular formula is C15H32N4O.